The maximum Gasteiger partial charge on any atom is 0.0261 e. The second-order valence-corrected chi connectivity index (χ2v) is 5.00. The second-order valence-electron chi connectivity index (χ2n) is 4.69. The fourth-order valence-corrected chi connectivity index (χ4v) is 2.51. The lowest BCUT2D eigenvalue weighted by Gasteiger charge is -2.37. The van der Waals surface area contributed by atoms with Crippen molar-refractivity contribution in [2.75, 3.05) is 19.0 Å². The number of rotatable bonds is 5. The van der Waals surface area contributed by atoms with Gasteiger partial charge in [0.25, 0.3) is 0 Å². The van der Waals surface area contributed by atoms with Crippen molar-refractivity contribution in [3.8, 4) is 0 Å². The number of hydrogen-bond acceptors (Lipinski definition) is 1. The Morgan fingerprint density at radius 1 is 1.43 bits per heavy atom. The molecule has 2 atom stereocenters. The quantitative estimate of drug-likeness (QED) is 0.637. The number of nitrogens with zero attached hydrogens (tertiary/aromatic N) is 1. The summed E-state index contributed by atoms with van der Waals surface area (Å²) in [5, 5.41) is 0. The van der Waals surface area contributed by atoms with E-state index in [0.29, 0.717) is 5.92 Å². The Bertz CT molecular complexity index is 147. The van der Waals surface area contributed by atoms with E-state index in [4.69, 9.17) is 11.6 Å². The first-order chi connectivity index (χ1) is 6.77. The van der Waals surface area contributed by atoms with Crippen LogP contribution in [0.15, 0.2) is 0 Å². The molecule has 1 nitrogen and oxygen atoms in total. The van der Waals surface area contributed by atoms with Crippen molar-refractivity contribution in [3.63, 3.8) is 0 Å². The molecule has 1 aliphatic rings. The molecule has 0 amide bonds. The Labute approximate surface area is 93.8 Å². The molecule has 0 aromatic rings. The van der Waals surface area contributed by atoms with Crippen LogP contribution in [-0.4, -0.2) is 29.9 Å². The molecule has 1 fully saturated rings. The zero-order chi connectivity index (χ0) is 10.4. The van der Waals surface area contributed by atoms with Gasteiger partial charge in [0.2, 0.25) is 0 Å². The molecule has 0 spiro atoms. The molecule has 1 heterocycles. The summed E-state index contributed by atoms with van der Waals surface area (Å²) >= 11 is 5.87. The van der Waals surface area contributed by atoms with Gasteiger partial charge in [-0.3, -0.25) is 0 Å². The molecule has 1 rings (SSSR count). The maximum atomic E-state index is 5.87. The third kappa shape index (κ3) is 3.78. The summed E-state index contributed by atoms with van der Waals surface area (Å²) in [6.07, 6.45) is 6.90. The Balaban J connectivity index is 2.37. The van der Waals surface area contributed by atoms with E-state index >= 15 is 0 Å². The standard InChI is InChI=1S/C12H24ClN/c1-3-6-12-7-4-5-8-14(12)10-11(2)9-13/h11-12H,3-10H2,1-2H3. The van der Waals surface area contributed by atoms with Gasteiger partial charge in [-0.25, -0.2) is 0 Å². The average molecular weight is 218 g/mol. The van der Waals surface area contributed by atoms with Crippen LogP contribution >= 0.6 is 11.6 Å². The van der Waals surface area contributed by atoms with E-state index in [0.717, 1.165) is 11.9 Å². The SMILES string of the molecule is CCCC1CCCCN1CC(C)CCl. The highest BCUT2D eigenvalue weighted by atomic mass is 35.5. The van der Waals surface area contributed by atoms with E-state index in [-0.39, 0.29) is 0 Å². The normalized spacial score (nSPS) is 26.4. The molecule has 2 unspecified atom stereocenters. The summed E-state index contributed by atoms with van der Waals surface area (Å²) in [6.45, 7) is 7.04. The highest BCUT2D eigenvalue weighted by Gasteiger charge is 2.22. The van der Waals surface area contributed by atoms with Gasteiger partial charge in [-0.05, 0) is 31.7 Å². The number of likely N-dealkylation sites (tertiary alicyclic amines) is 1. The van der Waals surface area contributed by atoms with Gasteiger partial charge in [-0.15, -0.1) is 11.6 Å². The fraction of sp³-hybridized carbons (Fsp3) is 1.00. The number of hydrogen-bond donors (Lipinski definition) is 0. The van der Waals surface area contributed by atoms with E-state index in [1.54, 1.807) is 0 Å². The molecule has 1 aliphatic heterocycles. The minimum absolute atomic E-state index is 0.647. The number of alkyl halides is 1. The van der Waals surface area contributed by atoms with Crippen LogP contribution < -0.4 is 0 Å². The molecule has 0 saturated carbocycles. The van der Waals surface area contributed by atoms with Crippen molar-refractivity contribution in [1.29, 1.82) is 0 Å². The van der Waals surface area contributed by atoms with Gasteiger partial charge in [0.05, 0.1) is 0 Å². The monoisotopic (exact) mass is 217 g/mol. The Hall–Kier alpha value is 0.250. The summed E-state index contributed by atoms with van der Waals surface area (Å²) in [4.78, 5) is 2.67. The highest BCUT2D eigenvalue weighted by Crippen LogP contribution is 2.21. The van der Waals surface area contributed by atoms with Gasteiger partial charge >= 0.3 is 0 Å². The number of piperidine rings is 1. The van der Waals surface area contributed by atoms with Crippen LogP contribution in [0.25, 0.3) is 0 Å². The molecule has 14 heavy (non-hydrogen) atoms. The van der Waals surface area contributed by atoms with Gasteiger partial charge in [-0.1, -0.05) is 26.7 Å². The van der Waals surface area contributed by atoms with Gasteiger partial charge in [0.15, 0.2) is 0 Å². The minimum Gasteiger partial charge on any atom is -0.300 e. The maximum absolute atomic E-state index is 5.87. The van der Waals surface area contributed by atoms with Crippen LogP contribution in [0.3, 0.4) is 0 Å². The van der Waals surface area contributed by atoms with E-state index in [1.165, 1.54) is 45.2 Å². The summed E-state index contributed by atoms with van der Waals surface area (Å²) in [7, 11) is 0. The lowest BCUT2D eigenvalue weighted by Crippen LogP contribution is -2.42. The zero-order valence-electron chi connectivity index (χ0n) is 9.64. The third-order valence-corrected chi connectivity index (χ3v) is 3.71. The topological polar surface area (TPSA) is 3.24 Å². The van der Waals surface area contributed by atoms with Gasteiger partial charge in [-0.2, -0.15) is 0 Å². The van der Waals surface area contributed by atoms with E-state index in [1.807, 2.05) is 0 Å². The molecule has 0 aromatic carbocycles. The van der Waals surface area contributed by atoms with Crippen molar-refractivity contribution >= 4 is 11.6 Å². The predicted octanol–water partition coefficient (Wildman–Crippen LogP) is 3.52. The van der Waals surface area contributed by atoms with Crippen molar-refractivity contribution in [1.82, 2.24) is 4.90 Å². The van der Waals surface area contributed by atoms with Crippen molar-refractivity contribution in [3.05, 3.63) is 0 Å². The molecule has 0 bridgehead atoms. The number of halogens is 1. The molecular formula is C12H24ClN. The van der Waals surface area contributed by atoms with Gasteiger partial charge < -0.3 is 4.90 Å². The van der Waals surface area contributed by atoms with Crippen LogP contribution in [0.5, 0.6) is 0 Å². The molecule has 0 aliphatic carbocycles. The van der Waals surface area contributed by atoms with Gasteiger partial charge in [0, 0.05) is 18.5 Å². The summed E-state index contributed by atoms with van der Waals surface area (Å²) in [5.74, 6) is 1.45. The Morgan fingerprint density at radius 3 is 2.86 bits per heavy atom. The summed E-state index contributed by atoms with van der Waals surface area (Å²) < 4.78 is 0. The Morgan fingerprint density at radius 2 is 2.21 bits per heavy atom. The lowest BCUT2D eigenvalue weighted by atomic mass is 9.97. The minimum atomic E-state index is 0.647. The highest BCUT2D eigenvalue weighted by molar-refractivity contribution is 6.18. The van der Waals surface area contributed by atoms with Crippen LogP contribution in [0.4, 0.5) is 0 Å². The van der Waals surface area contributed by atoms with E-state index in [9.17, 15) is 0 Å². The molecule has 0 N–H and O–H groups in total. The molecule has 84 valence electrons. The first-order valence-electron chi connectivity index (χ1n) is 6.08. The van der Waals surface area contributed by atoms with Gasteiger partial charge in [0.1, 0.15) is 0 Å². The molecule has 1 saturated heterocycles. The zero-order valence-corrected chi connectivity index (χ0v) is 10.4. The van der Waals surface area contributed by atoms with Crippen molar-refractivity contribution < 1.29 is 0 Å². The lowest BCUT2D eigenvalue weighted by molar-refractivity contribution is 0.125. The van der Waals surface area contributed by atoms with E-state index in [2.05, 4.69) is 18.7 Å². The van der Waals surface area contributed by atoms with Crippen molar-refractivity contribution in [2.24, 2.45) is 5.92 Å². The van der Waals surface area contributed by atoms with Crippen LogP contribution in [0.1, 0.15) is 46.0 Å². The average Bonchev–Trinajstić information content (AvgIpc) is 2.21. The predicted molar refractivity (Wildman–Crippen MR) is 64.0 cm³/mol. The fourth-order valence-electron chi connectivity index (χ4n) is 2.41. The summed E-state index contributed by atoms with van der Waals surface area (Å²) in [6, 6.07) is 0.847. The first kappa shape index (κ1) is 12.3. The van der Waals surface area contributed by atoms with Crippen LogP contribution in [-0.2, 0) is 0 Å². The van der Waals surface area contributed by atoms with Crippen LogP contribution in [0, 0.1) is 5.92 Å². The third-order valence-electron chi connectivity index (χ3n) is 3.18. The van der Waals surface area contributed by atoms with E-state index < -0.39 is 0 Å². The van der Waals surface area contributed by atoms with Crippen LogP contribution in [0.2, 0.25) is 0 Å². The largest absolute Gasteiger partial charge is 0.300 e. The second kappa shape index (κ2) is 6.68. The first-order valence-corrected chi connectivity index (χ1v) is 6.61. The molecular weight excluding hydrogens is 194 g/mol. The molecule has 2 heteroatoms. The molecule has 0 aromatic heterocycles. The smallest absolute Gasteiger partial charge is 0.0261 e. The summed E-state index contributed by atoms with van der Waals surface area (Å²) in [5.41, 5.74) is 0. The molecule has 0 radical (unpaired) electrons. The van der Waals surface area contributed by atoms with Crippen molar-refractivity contribution in [2.45, 2.75) is 52.0 Å². The Kier molecular flexibility index (Phi) is 5.88.